The van der Waals surface area contributed by atoms with Crippen molar-refractivity contribution in [3.63, 3.8) is 0 Å². The van der Waals surface area contributed by atoms with E-state index in [1.807, 2.05) is 54.1 Å². The molecule has 2 aliphatic heterocycles. The third kappa shape index (κ3) is 3.62. The second-order valence-corrected chi connectivity index (χ2v) is 7.99. The number of hydrogen-bond acceptors (Lipinski definition) is 4. The van der Waals surface area contributed by atoms with Crippen LogP contribution in [0, 0.1) is 6.92 Å². The van der Waals surface area contributed by atoms with Crippen LogP contribution in [0.1, 0.15) is 24.1 Å². The minimum absolute atomic E-state index is 0.163. The van der Waals surface area contributed by atoms with Gasteiger partial charge in [0.1, 0.15) is 6.54 Å². The molecule has 1 aromatic carbocycles. The maximum absolute atomic E-state index is 12.7. The largest absolute Gasteiger partial charge is 0.341 e. The lowest BCUT2D eigenvalue weighted by Crippen LogP contribution is -2.40. The Morgan fingerprint density at radius 3 is 2.54 bits per heavy atom. The van der Waals surface area contributed by atoms with Crippen molar-refractivity contribution in [2.45, 2.75) is 19.8 Å². The molecule has 28 heavy (non-hydrogen) atoms. The lowest BCUT2D eigenvalue weighted by atomic mass is 10.2. The fourth-order valence-corrected chi connectivity index (χ4v) is 4.25. The summed E-state index contributed by atoms with van der Waals surface area (Å²) in [5, 5.41) is -0.391. The van der Waals surface area contributed by atoms with Crippen LogP contribution in [-0.4, -0.2) is 51.1 Å². The summed E-state index contributed by atoms with van der Waals surface area (Å²) in [6.07, 6.45) is 5.58. The Morgan fingerprint density at radius 2 is 1.82 bits per heavy atom. The van der Waals surface area contributed by atoms with Crippen LogP contribution in [0.25, 0.3) is 11.8 Å². The van der Waals surface area contributed by atoms with Crippen LogP contribution in [0.15, 0.2) is 47.5 Å². The quantitative estimate of drug-likeness (QED) is 0.744. The van der Waals surface area contributed by atoms with Crippen molar-refractivity contribution in [1.29, 1.82) is 0 Å². The van der Waals surface area contributed by atoms with Gasteiger partial charge in [-0.2, -0.15) is 0 Å². The molecule has 7 heteroatoms. The molecule has 0 unspecified atom stereocenters. The van der Waals surface area contributed by atoms with E-state index >= 15 is 0 Å². The summed E-state index contributed by atoms with van der Waals surface area (Å²) in [7, 11) is 0. The minimum atomic E-state index is -0.404. The number of amides is 3. The molecule has 2 fully saturated rings. The monoisotopic (exact) mass is 395 g/mol. The molecule has 0 saturated carbocycles. The Bertz CT molecular complexity index is 956. The third-order valence-corrected chi connectivity index (χ3v) is 5.90. The smallest absolute Gasteiger partial charge is 0.294 e. The van der Waals surface area contributed by atoms with E-state index in [9.17, 15) is 14.4 Å². The van der Waals surface area contributed by atoms with E-state index in [4.69, 9.17) is 0 Å². The van der Waals surface area contributed by atoms with E-state index in [1.165, 1.54) is 5.56 Å². The highest BCUT2D eigenvalue weighted by Crippen LogP contribution is 2.32. The molecule has 0 spiro atoms. The van der Waals surface area contributed by atoms with E-state index in [1.54, 1.807) is 11.0 Å². The molecule has 2 aromatic rings. The molecule has 4 rings (SSSR count). The highest BCUT2D eigenvalue weighted by Gasteiger charge is 2.37. The number of aryl methyl sites for hydroxylation is 1. The first-order valence-corrected chi connectivity index (χ1v) is 10.1. The zero-order valence-electron chi connectivity index (χ0n) is 15.6. The van der Waals surface area contributed by atoms with Gasteiger partial charge in [-0.1, -0.05) is 17.7 Å². The fourth-order valence-electron chi connectivity index (χ4n) is 3.42. The van der Waals surface area contributed by atoms with Crippen LogP contribution in [0.2, 0.25) is 0 Å². The number of aromatic nitrogens is 1. The van der Waals surface area contributed by atoms with Gasteiger partial charge in [-0.15, -0.1) is 0 Å². The average molecular weight is 395 g/mol. The first kappa shape index (κ1) is 18.6. The Balaban J connectivity index is 1.54. The molecule has 2 saturated heterocycles. The molecule has 2 aliphatic rings. The summed E-state index contributed by atoms with van der Waals surface area (Å²) in [4.78, 5) is 40.5. The number of benzene rings is 1. The van der Waals surface area contributed by atoms with Gasteiger partial charge in [0.2, 0.25) is 5.91 Å². The molecule has 0 N–H and O–H groups in total. The first-order chi connectivity index (χ1) is 13.5. The van der Waals surface area contributed by atoms with E-state index in [0.717, 1.165) is 40.9 Å². The first-order valence-electron chi connectivity index (χ1n) is 9.30. The standard InChI is InChI=1S/C21H21N3O3S/c1-15-6-8-16(9-7-15)23-12-4-5-17(23)13-18-20(26)24(21(27)28-18)14-19(25)22-10-2-3-11-22/h4-9,12-13H,2-3,10-11,14H2,1H3/b18-13+. The predicted molar refractivity (Wildman–Crippen MR) is 109 cm³/mol. The molecule has 0 atom stereocenters. The number of carbonyl (C=O) groups is 3. The minimum Gasteiger partial charge on any atom is -0.341 e. The summed E-state index contributed by atoms with van der Waals surface area (Å²) >= 11 is 0.885. The highest BCUT2D eigenvalue weighted by molar-refractivity contribution is 8.18. The van der Waals surface area contributed by atoms with Gasteiger partial charge in [0.25, 0.3) is 11.1 Å². The molecule has 0 aliphatic carbocycles. The maximum Gasteiger partial charge on any atom is 0.294 e. The molecule has 1 aromatic heterocycles. The Labute approximate surface area is 167 Å². The van der Waals surface area contributed by atoms with Gasteiger partial charge in [-0.3, -0.25) is 19.3 Å². The topological polar surface area (TPSA) is 62.6 Å². The molecular formula is C21H21N3O3S. The van der Waals surface area contributed by atoms with Crippen LogP contribution >= 0.6 is 11.8 Å². The van der Waals surface area contributed by atoms with E-state index < -0.39 is 11.1 Å². The van der Waals surface area contributed by atoms with Gasteiger partial charge in [-0.25, -0.2) is 0 Å². The maximum atomic E-state index is 12.7. The second kappa shape index (κ2) is 7.67. The zero-order valence-corrected chi connectivity index (χ0v) is 16.4. The number of carbonyl (C=O) groups excluding carboxylic acids is 3. The van der Waals surface area contributed by atoms with Crippen LogP contribution in [0.4, 0.5) is 4.79 Å². The van der Waals surface area contributed by atoms with Crippen molar-refractivity contribution in [3.05, 3.63) is 58.8 Å². The zero-order chi connectivity index (χ0) is 19.7. The third-order valence-electron chi connectivity index (χ3n) is 5.00. The van der Waals surface area contributed by atoms with Crippen molar-refractivity contribution < 1.29 is 14.4 Å². The lowest BCUT2D eigenvalue weighted by molar-refractivity contribution is -0.135. The summed E-state index contributed by atoms with van der Waals surface area (Å²) in [5.74, 6) is -0.566. The number of likely N-dealkylation sites (tertiary alicyclic amines) is 1. The predicted octanol–water partition coefficient (Wildman–Crippen LogP) is 3.44. The molecule has 0 bridgehead atoms. The van der Waals surface area contributed by atoms with Crippen LogP contribution in [0.5, 0.6) is 0 Å². The van der Waals surface area contributed by atoms with Gasteiger partial charge in [0.05, 0.1) is 4.91 Å². The second-order valence-electron chi connectivity index (χ2n) is 6.99. The summed E-state index contributed by atoms with van der Waals surface area (Å²) in [6.45, 7) is 3.25. The van der Waals surface area contributed by atoms with Crippen molar-refractivity contribution in [2.24, 2.45) is 0 Å². The Kier molecular flexibility index (Phi) is 5.09. The van der Waals surface area contributed by atoms with E-state index in [0.29, 0.717) is 18.0 Å². The Morgan fingerprint density at radius 1 is 1.11 bits per heavy atom. The normalized spacial score (nSPS) is 18.5. The highest BCUT2D eigenvalue weighted by atomic mass is 32.2. The van der Waals surface area contributed by atoms with Crippen molar-refractivity contribution in [1.82, 2.24) is 14.4 Å². The summed E-state index contributed by atoms with van der Waals surface area (Å²) < 4.78 is 1.96. The van der Waals surface area contributed by atoms with Crippen molar-refractivity contribution in [3.8, 4) is 5.69 Å². The van der Waals surface area contributed by atoms with Gasteiger partial charge in [-0.05, 0) is 61.9 Å². The Hall–Kier alpha value is -2.80. The van der Waals surface area contributed by atoms with Gasteiger partial charge in [0.15, 0.2) is 0 Å². The molecular weight excluding hydrogens is 374 g/mol. The van der Waals surface area contributed by atoms with Crippen molar-refractivity contribution >= 4 is 34.9 Å². The summed E-state index contributed by atoms with van der Waals surface area (Å²) in [6, 6.07) is 11.9. The number of hydrogen-bond donors (Lipinski definition) is 0. The number of rotatable bonds is 4. The van der Waals surface area contributed by atoms with Gasteiger partial charge < -0.3 is 9.47 Å². The SMILES string of the molecule is Cc1ccc(-n2cccc2/C=C2/SC(=O)N(CC(=O)N3CCCC3)C2=O)cc1. The average Bonchev–Trinajstić information content (AvgIpc) is 3.41. The number of nitrogens with zero attached hydrogens (tertiary/aromatic N) is 3. The van der Waals surface area contributed by atoms with Gasteiger partial charge >= 0.3 is 0 Å². The van der Waals surface area contributed by atoms with Crippen molar-refractivity contribution in [2.75, 3.05) is 19.6 Å². The molecule has 0 radical (unpaired) electrons. The van der Waals surface area contributed by atoms with Gasteiger partial charge in [0, 0.05) is 30.7 Å². The lowest BCUT2D eigenvalue weighted by Gasteiger charge is -2.18. The fraction of sp³-hybridized carbons (Fsp3) is 0.286. The van der Waals surface area contributed by atoms with Crippen LogP contribution in [-0.2, 0) is 9.59 Å². The number of imide groups is 1. The summed E-state index contributed by atoms with van der Waals surface area (Å²) in [5.41, 5.74) is 2.95. The molecule has 6 nitrogen and oxygen atoms in total. The molecule has 144 valence electrons. The molecule has 3 amide bonds. The molecule has 3 heterocycles. The van der Waals surface area contributed by atoms with E-state index in [-0.39, 0.29) is 12.5 Å². The number of thioether (sulfide) groups is 1. The van der Waals surface area contributed by atoms with E-state index in [2.05, 4.69) is 0 Å². The van der Waals surface area contributed by atoms with Crippen LogP contribution in [0.3, 0.4) is 0 Å². The van der Waals surface area contributed by atoms with Crippen LogP contribution < -0.4 is 0 Å².